The van der Waals surface area contributed by atoms with E-state index in [-0.39, 0.29) is 22.2 Å². The van der Waals surface area contributed by atoms with Gasteiger partial charge in [-0.2, -0.15) is 0 Å². The van der Waals surface area contributed by atoms with Crippen LogP contribution in [-0.4, -0.2) is 73.5 Å². The number of thioether (sulfide) groups is 2. The minimum atomic E-state index is -1.19. The van der Waals surface area contributed by atoms with E-state index in [0.717, 1.165) is 25.9 Å². The van der Waals surface area contributed by atoms with Gasteiger partial charge in [-0.15, -0.1) is 34.4 Å². The van der Waals surface area contributed by atoms with Crippen LogP contribution in [-0.2, 0) is 26.3 Å². The van der Waals surface area contributed by atoms with Gasteiger partial charge in [0.2, 0.25) is 0 Å². The first kappa shape index (κ1) is 25.4. The van der Waals surface area contributed by atoms with E-state index in [1.54, 1.807) is 5.38 Å². The molecule has 2 amide bonds. The van der Waals surface area contributed by atoms with E-state index < -0.39 is 29.2 Å². The third kappa shape index (κ3) is 4.88. The summed E-state index contributed by atoms with van der Waals surface area (Å²) in [5.41, 5.74) is 7.21. The smallest absolute Gasteiger partial charge is 0.352 e. The fourth-order valence-corrected chi connectivity index (χ4v) is 8.03. The lowest BCUT2D eigenvalue weighted by Gasteiger charge is -2.49. The zero-order valence-corrected chi connectivity index (χ0v) is 22.7. The molecule has 5 heterocycles. The van der Waals surface area contributed by atoms with E-state index in [1.807, 2.05) is 30.1 Å². The molecule has 0 radical (unpaired) electrons. The molecule has 37 heavy (non-hydrogen) atoms. The van der Waals surface area contributed by atoms with E-state index in [4.69, 9.17) is 10.6 Å². The Morgan fingerprint density at radius 2 is 2.24 bits per heavy atom. The molecule has 5 rings (SSSR count). The van der Waals surface area contributed by atoms with Crippen molar-refractivity contribution in [2.24, 2.45) is 12.2 Å². The average Bonchev–Trinajstić information content (AvgIpc) is 3.48. The van der Waals surface area contributed by atoms with E-state index in [1.165, 1.54) is 46.9 Å². The Balaban J connectivity index is 1.31. The summed E-state index contributed by atoms with van der Waals surface area (Å²) < 4.78 is 3.79. The number of aryl methyl sites for hydroxylation is 1. The molecule has 192 valence electrons. The molecule has 4 N–H and O–H groups in total. The fraction of sp³-hybridized carbons (Fsp3) is 0.286. The quantitative estimate of drug-likeness (QED) is 0.116. The number of carboxylic acids is 1. The molecule has 0 bridgehead atoms. The Morgan fingerprint density at radius 3 is 2.95 bits per heavy atom. The van der Waals surface area contributed by atoms with Crippen LogP contribution in [0.3, 0.4) is 0 Å². The summed E-state index contributed by atoms with van der Waals surface area (Å²) in [5, 5.41) is 17.6. The van der Waals surface area contributed by atoms with E-state index in [0.29, 0.717) is 17.1 Å². The van der Waals surface area contributed by atoms with Gasteiger partial charge in [0.1, 0.15) is 41.7 Å². The maximum absolute atomic E-state index is 13.0. The van der Waals surface area contributed by atoms with Crippen molar-refractivity contribution in [3.05, 3.63) is 40.8 Å². The maximum atomic E-state index is 13.0. The van der Waals surface area contributed by atoms with Crippen molar-refractivity contribution in [3.8, 4) is 0 Å². The summed E-state index contributed by atoms with van der Waals surface area (Å²) in [4.78, 5) is 52.7. The van der Waals surface area contributed by atoms with Crippen LogP contribution in [0.5, 0.6) is 0 Å². The molecule has 1 fully saturated rings. The Labute approximate surface area is 226 Å². The standard InChI is InChI=1S/C21H19N7O5S4/c1-27-4-3-10-12(5-27)37-21(24-10)36-7-9-6-34-18-14(17(30)28(18)15(9)19(31)32)25-16(29)13(26-33-2)11-8-35-20(22)23-11/h3-5,8,14,18H,6-7H2,1-2H3,(H3-,22,23,25,29,31,32)/p+1/b26-13+. The van der Waals surface area contributed by atoms with Gasteiger partial charge in [0.15, 0.2) is 27.6 Å². The maximum Gasteiger partial charge on any atom is 0.352 e. The normalized spacial score (nSPS) is 19.6. The topological polar surface area (TPSA) is 164 Å². The molecule has 3 aromatic rings. The highest BCUT2D eigenvalue weighted by atomic mass is 32.2. The largest absolute Gasteiger partial charge is 0.477 e. The molecule has 2 aliphatic rings. The first-order valence-corrected chi connectivity index (χ1v) is 14.4. The molecule has 0 saturated carbocycles. The number of hydrogen-bond acceptors (Lipinski definition) is 12. The molecule has 0 aliphatic carbocycles. The molecule has 2 atom stereocenters. The van der Waals surface area contributed by atoms with Crippen LogP contribution < -0.4 is 15.6 Å². The number of fused-ring (bicyclic) bond motifs is 2. The highest BCUT2D eigenvalue weighted by molar-refractivity contribution is 8.02. The third-order valence-corrected chi connectivity index (χ3v) is 9.77. The minimum absolute atomic E-state index is 0.0442. The number of nitrogens with two attached hydrogens (primary N) is 1. The molecule has 1 saturated heterocycles. The highest BCUT2D eigenvalue weighted by Gasteiger charge is 2.54. The van der Waals surface area contributed by atoms with Gasteiger partial charge < -0.3 is 21.0 Å². The van der Waals surface area contributed by atoms with Crippen molar-refractivity contribution in [1.82, 2.24) is 20.2 Å². The number of pyridine rings is 1. The predicted molar refractivity (Wildman–Crippen MR) is 141 cm³/mol. The molecular formula is C21H20N7O5S4+. The molecule has 0 spiro atoms. The van der Waals surface area contributed by atoms with Crippen LogP contribution in [0, 0.1) is 0 Å². The number of amides is 2. The summed E-state index contributed by atoms with van der Waals surface area (Å²) in [7, 11) is 3.22. The summed E-state index contributed by atoms with van der Waals surface area (Å²) in [6.45, 7) is 0. The summed E-state index contributed by atoms with van der Waals surface area (Å²) in [6, 6.07) is 1.02. The Morgan fingerprint density at radius 1 is 1.43 bits per heavy atom. The van der Waals surface area contributed by atoms with Crippen LogP contribution >= 0.6 is 46.2 Å². The molecule has 0 aromatic carbocycles. The molecule has 2 unspecified atom stereocenters. The van der Waals surface area contributed by atoms with Gasteiger partial charge in [0, 0.05) is 23.0 Å². The molecule has 16 heteroatoms. The van der Waals surface area contributed by atoms with Gasteiger partial charge in [0.05, 0.1) is 5.52 Å². The number of oxime groups is 1. The van der Waals surface area contributed by atoms with Crippen LogP contribution in [0.2, 0.25) is 0 Å². The average molecular weight is 579 g/mol. The number of carboxylic acid groups (broad SMARTS) is 1. The second-order valence-corrected chi connectivity index (χ2v) is 12.2. The second-order valence-electron chi connectivity index (χ2n) is 7.94. The highest BCUT2D eigenvalue weighted by Crippen LogP contribution is 2.42. The number of hydrogen-bond donors (Lipinski definition) is 3. The number of aliphatic carboxylic acids is 1. The first-order valence-electron chi connectivity index (χ1n) is 10.7. The molecular weight excluding hydrogens is 559 g/mol. The number of carbonyl (C=O) groups is 3. The number of aromatic nitrogens is 3. The van der Waals surface area contributed by atoms with E-state index in [9.17, 15) is 19.5 Å². The number of carbonyl (C=O) groups excluding carboxylic acids is 2. The lowest BCUT2D eigenvalue weighted by Crippen LogP contribution is -2.71. The van der Waals surface area contributed by atoms with Gasteiger partial charge in [0.25, 0.3) is 11.8 Å². The Kier molecular flexibility index (Phi) is 7.06. The van der Waals surface area contributed by atoms with Crippen molar-refractivity contribution in [1.29, 1.82) is 0 Å². The summed E-state index contributed by atoms with van der Waals surface area (Å²) in [6.07, 6.45) is 3.90. The van der Waals surface area contributed by atoms with Crippen molar-refractivity contribution in [2.75, 3.05) is 24.3 Å². The number of nitrogens with zero attached hydrogens (tertiary/aromatic N) is 5. The molecule has 3 aromatic heterocycles. The number of thiazole rings is 2. The number of nitrogens with one attached hydrogen (secondary N) is 1. The molecule has 2 aliphatic heterocycles. The van der Waals surface area contributed by atoms with Gasteiger partial charge in [-0.05, 0) is 5.57 Å². The van der Waals surface area contributed by atoms with Crippen LogP contribution in [0.1, 0.15) is 5.69 Å². The number of anilines is 1. The SMILES string of the molecule is CO/N=C(/C(=O)NC1C(=O)N2C(C(=O)O)=C(CSc3nc4cc[n+](C)cc4s3)CSC12)c1csc(N)n1. The van der Waals surface area contributed by atoms with Crippen molar-refractivity contribution in [2.45, 2.75) is 15.8 Å². The number of nitrogen functional groups attached to an aromatic ring is 1. The Bertz CT molecular complexity index is 1480. The second kappa shape index (κ2) is 10.3. The molecule has 12 nitrogen and oxygen atoms in total. The van der Waals surface area contributed by atoms with Crippen LogP contribution in [0.4, 0.5) is 5.13 Å². The van der Waals surface area contributed by atoms with Gasteiger partial charge in [-0.3, -0.25) is 14.5 Å². The monoisotopic (exact) mass is 578 g/mol. The third-order valence-electron chi connectivity index (χ3n) is 5.52. The Hall–Kier alpha value is -3.21. The van der Waals surface area contributed by atoms with Crippen molar-refractivity contribution in [3.63, 3.8) is 0 Å². The summed E-state index contributed by atoms with van der Waals surface area (Å²) >= 11 is 5.50. The summed E-state index contributed by atoms with van der Waals surface area (Å²) in [5.74, 6) is -1.58. The fourth-order valence-electron chi connectivity index (χ4n) is 3.86. The van der Waals surface area contributed by atoms with Gasteiger partial charge in [-0.1, -0.05) is 16.9 Å². The zero-order valence-electron chi connectivity index (χ0n) is 19.4. The van der Waals surface area contributed by atoms with Gasteiger partial charge in [-0.25, -0.2) is 19.3 Å². The van der Waals surface area contributed by atoms with Crippen molar-refractivity contribution >= 4 is 85.0 Å². The van der Waals surface area contributed by atoms with Gasteiger partial charge >= 0.3 is 5.97 Å². The van der Waals surface area contributed by atoms with E-state index in [2.05, 4.69) is 20.4 Å². The number of rotatable bonds is 8. The number of β-lactam (4-membered cyclic amide) rings is 1. The predicted octanol–water partition coefficient (Wildman–Crippen LogP) is 1.04. The lowest BCUT2D eigenvalue weighted by atomic mass is 10.0. The van der Waals surface area contributed by atoms with Crippen LogP contribution in [0.25, 0.3) is 10.2 Å². The minimum Gasteiger partial charge on any atom is -0.477 e. The van der Waals surface area contributed by atoms with Crippen LogP contribution in [0.15, 0.2) is 44.6 Å². The van der Waals surface area contributed by atoms with Crippen molar-refractivity contribution < 1.29 is 28.9 Å². The van der Waals surface area contributed by atoms with E-state index >= 15 is 0 Å². The first-order chi connectivity index (χ1) is 17.8. The lowest BCUT2D eigenvalue weighted by molar-refractivity contribution is -0.670. The zero-order chi connectivity index (χ0) is 26.3.